The minimum absolute atomic E-state index is 0.0395. The number of amides is 2. The molecule has 0 bridgehead atoms. The fourth-order valence-corrected chi connectivity index (χ4v) is 3.84. The van der Waals surface area contributed by atoms with E-state index < -0.39 is 48.9 Å². The summed E-state index contributed by atoms with van der Waals surface area (Å²) < 4.78 is 17.9. The average molecular weight is 435 g/mol. The van der Waals surface area contributed by atoms with Crippen LogP contribution in [0.3, 0.4) is 0 Å². The molecular weight excluding hydrogens is 415 g/mol. The molecule has 0 saturated carbocycles. The van der Waals surface area contributed by atoms with E-state index >= 15 is 0 Å². The highest BCUT2D eigenvalue weighted by Crippen LogP contribution is 2.24. The van der Waals surface area contributed by atoms with Gasteiger partial charge in [-0.15, -0.1) is 11.3 Å². The summed E-state index contributed by atoms with van der Waals surface area (Å²) in [6, 6.07) is -0.736. The van der Waals surface area contributed by atoms with Crippen LogP contribution in [-0.2, 0) is 25.7 Å². The van der Waals surface area contributed by atoms with Crippen molar-refractivity contribution in [2.24, 2.45) is 0 Å². The molecule has 154 valence electrons. The summed E-state index contributed by atoms with van der Waals surface area (Å²) >= 11 is 7.29. The number of likely N-dealkylation sites (tertiary alicyclic amines) is 1. The largest absolute Gasteiger partial charge is 0.481 e. The van der Waals surface area contributed by atoms with Crippen molar-refractivity contribution in [2.45, 2.75) is 44.4 Å². The van der Waals surface area contributed by atoms with Crippen LogP contribution in [0.4, 0.5) is 9.18 Å². The van der Waals surface area contributed by atoms with E-state index in [0.717, 1.165) is 0 Å². The predicted molar refractivity (Wildman–Crippen MR) is 99.0 cm³/mol. The number of alkyl halides is 1. The first-order valence-corrected chi connectivity index (χ1v) is 9.85. The molecule has 1 aliphatic rings. The maximum Gasteiger partial charge on any atom is 0.410 e. The Bertz CT molecular complexity index is 743. The number of ether oxygens (including phenoxy) is 1. The van der Waals surface area contributed by atoms with Gasteiger partial charge in [-0.2, -0.15) is 0 Å². The molecule has 0 aliphatic carbocycles. The number of carbonyl (C=O) groups excluding carboxylic acids is 3. The number of carbonyl (C=O) groups is 4. The fourth-order valence-electron chi connectivity index (χ4n) is 2.84. The van der Waals surface area contributed by atoms with Gasteiger partial charge in [0.1, 0.15) is 25.4 Å². The zero-order valence-corrected chi connectivity index (χ0v) is 16.4. The second-order valence-corrected chi connectivity index (χ2v) is 7.62. The minimum atomic E-state index is -1.49. The first-order chi connectivity index (χ1) is 13.3. The Labute approximate surface area is 169 Å². The summed E-state index contributed by atoms with van der Waals surface area (Å²) in [6.45, 7) is -1.16. The monoisotopic (exact) mass is 434 g/mol. The van der Waals surface area contributed by atoms with Crippen LogP contribution >= 0.6 is 22.9 Å². The zero-order chi connectivity index (χ0) is 20.7. The number of aliphatic carboxylic acids is 1. The van der Waals surface area contributed by atoms with Crippen molar-refractivity contribution in [3.63, 3.8) is 0 Å². The lowest BCUT2D eigenvalue weighted by Crippen LogP contribution is -2.55. The number of piperidine rings is 1. The number of rotatable bonds is 8. The van der Waals surface area contributed by atoms with Gasteiger partial charge in [-0.3, -0.25) is 19.3 Å². The fraction of sp³-hybridized carbons (Fsp3) is 0.529. The summed E-state index contributed by atoms with van der Waals surface area (Å²) in [6.07, 6.45) is 0.211. The van der Waals surface area contributed by atoms with Crippen LogP contribution in [0.1, 0.15) is 30.6 Å². The Balaban J connectivity index is 2.02. The number of Topliss-reactive ketones (excluding diaryl/α,β-unsaturated/α-hetero) is 1. The zero-order valence-electron chi connectivity index (χ0n) is 14.9. The van der Waals surface area contributed by atoms with Crippen molar-refractivity contribution < 1.29 is 33.4 Å². The highest BCUT2D eigenvalue weighted by atomic mass is 35.5. The van der Waals surface area contributed by atoms with Gasteiger partial charge in [0.15, 0.2) is 5.78 Å². The molecule has 2 N–H and O–H groups in total. The molecule has 1 aliphatic heterocycles. The van der Waals surface area contributed by atoms with E-state index in [1.807, 2.05) is 0 Å². The number of nitrogens with one attached hydrogen (secondary N) is 1. The second-order valence-electron chi connectivity index (χ2n) is 6.21. The van der Waals surface area contributed by atoms with Crippen LogP contribution in [0.2, 0.25) is 5.02 Å². The molecule has 2 rings (SSSR count). The lowest BCUT2D eigenvalue weighted by Gasteiger charge is -2.34. The van der Waals surface area contributed by atoms with Crippen LogP contribution in [0.25, 0.3) is 0 Å². The van der Waals surface area contributed by atoms with Gasteiger partial charge in [-0.25, -0.2) is 9.18 Å². The van der Waals surface area contributed by atoms with Crippen LogP contribution in [0, 0.1) is 0 Å². The van der Waals surface area contributed by atoms with Gasteiger partial charge in [0.2, 0.25) is 5.91 Å². The van der Waals surface area contributed by atoms with Gasteiger partial charge in [-0.05, 0) is 30.7 Å². The van der Waals surface area contributed by atoms with Gasteiger partial charge in [0.25, 0.3) is 0 Å². The molecule has 1 fully saturated rings. The van der Waals surface area contributed by atoms with Crippen LogP contribution in [-0.4, -0.2) is 59.1 Å². The first-order valence-electron chi connectivity index (χ1n) is 8.59. The predicted octanol–water partition coefficient (Wildman–Crippen LogP) is 2.39. The average Bonchev–Trinajstić information content (AvgIpc) is 3.09. The molecule has 0 radical (unpaired) electrons. The molecule has 2 atom stereocenters. The Morgan fingerprint density at radius 1 is 1.39 bits per heavy atom. The van der Waals surface area contributed by atoms with Crippen molar-refractivity contribution >= 4 is 46.7 Å². The van der Waals surface area contributed by atoms with E-state index in [2.05, 4.69) is 5.32 Å². The molecular formula is C17H20ClFN2O6S. The lowest BCUT2D eigenvalue weighted by molar-refractivity contribution is -0.140. The van der Waals surface area contributed by atoms with E-state index in [0.29, 0.717) is 29.2 Å². The quantitative estimate of drug-likeness (QED) is 0.649. The third-order valence-corrected chi connectivity index (χ3v) is 5.63. The van der Waals surface area contributed by atoms with E-state index in [1.165, 1.54) is 16.2 Å². The van der Waals surface area contributed by atoms with Gasteiger partial charge in [0.05, 0.1) is 16.3 Å². The van der Waals surface area contributed by atoms with Crippen molar-refractivity contribution in [2.75, 3.05) is 13.2 Å². The Hall–Kier alpha value is -2.20. The van der Waals surface area contributed by atoms with Crippen molar-refractivity contribution in [3.8, 4) is 0 Å². The molecule has 1 unspecified atom stereocenters. The summed E-state index contributed by atoms with van der Waals surface area (Å²) in [5, 5.41) is 13.3. The molecule has 1 aromatic heterocycles. The van der Waals surface area contributed by atoms with E-state index in [1.54, 1.807) is 11.4 Å². The normalized spacial score (nSPS) is 17.6. The van der Waals surface area contributed by atoms with E-state index in [9.17, 15) is 23.6 Å². The molecule has 11 heteroatoms. The summed E-state index contributed by atoms with van der Waals surface area (Å²) in [4.78, 5) is 49.3. The third kappa shape index (κ3) is 5.90. The third-order valence-electron chi connectivity index (χ3n) is 4.27. The Morgan fingerprint density at radius 2 is 2.14 bits per heavy atom. The molecule has 0 aromatic carbocycles. The number of thiophene rings is 1. The maximum absolute atomic E-state index is 12.7. The second kappa shape index (κ2) is 10.4. The first kappa shape index (κ1) is 22.1. The molecule has 8 nitrogen and oxygen atoms in total. The molecule has 28 heavy (non-hydrogen) atoms. The number of hydrogen-bond donors (Lipinski definition) is 2. The highest BCUT2D eigenvalue weighted by molar-refractivity contribution is 7.10. The topological polar surface area (TPSA) is 113 Å². The number of hydrogen-bond acceptors (Lipinski definition) is 6. The minimum Gasteiger partial charge on any atom is -0.481 e. The number of carboxylic acid groups (broad SMARTS) is 1. The summed E-state index contributed by atoms with van der Waals surface area (Å²) in [5.41, 5.74) is 0. The number of ketones is 1. The summed E-state index contributed by atoms with van der Waals surface area (Å²) in [5.74, 6) is -3.09. The number of nitrogens with zero attached hydrogens (tertiary/aromatic N) is 1. The van der Waals surface area contributed by atoms with Crippen molar-refractivity contribution in [1.29, 1.82) is 0 Å². The van der Waals surface area contributed by atoms with E-state index in [-0.39, 0.29) is 13.2 Å². The van der Waals surface area contributed by atoms with Crippen molar-refractivity contribution in [3.05, 3.63) is 21.3 Å². The number of halogens is 2. The SMILES string of the molecule is O=C(O)CC(NC(=O)[C@@H]1CCCCN1C(=O)OCc1sccc1Cl)C(=O)CF. The van der Waals surface area contributed by atoms with Crippen LogP contribution in [0.15, 0.2) is 11.4 Å². The molecule has 2 heterocycles. The molecule has 1 saturated heterocycles. The van der Waals surface area contributed by atoms with Gasteiger partial charge in [-0.1, -0.05) is 11.6 Å². The van der Waals surface area contributed by atoms with Crippen LogP contribution in [0.5, 0.6) is 0 Å². The van der Waals surface area contributed by atoms with E-state index in [4.69, 9.17) is 21.4 Å². The standard InChI is InChI=1S/C17H20ClFN2O6S/c18-10-4-6-28-14(10)9-27-17(26)21-5-2-1-3-12(21)16(25)20-11(7-15(23)24)13(22)8-19/h4,6,11-12H,1-3,5,7-9H2,(H,20,25)(H,23,24)/t11?,12-/m0/s1. The molecule has 2 amide bonds. The van der Waals surface area contributed by atoms with Gasteiger partial charge >= 0.3 is 12.1 Å². The summed E-state index contributed by atoms with van der Waals surface area (Å²) in [7, 11) is 0. The van der Waals surface area contributed by atoms with Gasteiger partial charge in [0, 0.05) is 6.54 Å². The number of carboxylic acids is 1. The molecule has 0 spiro atoms. The van der Waals surface area contributed by atoms with Crippen LogP contribution < -0.4 is 5.32 Å². The van der Waals surface area contributed by atoms with Gasteiger partial charge < -0.3 is 15.2 Å². The Kier molecular flexibility index (Phi) is 8.18. The van der Waals surface area contributed by atoms with Crippen molar-refractivity contribution in [1.82, 2.24) is 10.2 Å². The molecule has 1 aromatic rings. The smallest absolute Gasteiger partial charge is 0.410 e. The highest BCUT2D eigenvalue weighted by Gasteiger charge is 2.35. The maximum atomic E-state index is 12.7. The Morgan fingerprint density at radius 3 is 2.75 bits per heavy atom. The lowest BCUT2D eigenvalue weighted by atomic mass is 10.0.